The number of piperazine rings is 1. The van der Waals surface area contributed by atoms with Gasteiger partial charge in [-0.25, -0.2) is 4.98 Å². The van der Waals surface area contributed by atoms with Crippen LogP contribution in [0.3, 0.4) is 0 Å². The van der Waals surface area contributed by atoms with Crippen LogP contribution in [0.2, 0.25) is 0 Å². The number of carbonyl (C=O) groups is 1. The maximum atomic E-state index is 12.4. The second kappa shape index (κ2) is 18.2. The van der Waals surface area contributed by atoms with Crippen molar-refractivity contribution in [3.63, 3.8) is 0 Å². The molecule has 0 atom stereocenters. The third-order valence-corrected chi connectivity index (χ3v) is 7.24. The van der Waals surface area contributed by atoms with Gasteiger partial charge >= 0.3 is 0 Å². The molecule has 2 rings (SSSR count). The highest BCUT2D eigenvalue weighted by Crippen LogP contribution is 2.15. The van der Waals surface area contributed by atoms with Crippen LogP contribution in [0.4, 0.5) is 5.82 Å². The molecular weight excluding hydrogens is 488 g/mol. The molecule has 1 aromatic rings. The highest BCUT2D eigenvalue weighted by molar-refractivity contribution is 9.09. The van der Waals surface area contributed by atoms with E-state index in [9.17, 15) is 4.79 Å². The Morgan fingerprint density at radius 3 is 1.94 bits per heavy atom. The van der Waals surface area contributed by atoms with Gasteiger partial charge in [0.15, 0.2) is 0 Å². The lowest BCUT2D eigenvalue weighted by Crippen LogP contribution is -2.47. The fraction of sp³-hybridized carbons (Fsp3) is 0.786. The molecular formula is C28H49BrN4O. The van der Waals surface area contributed by atoms with Crippen molar-refractivity contribution in [2.75, 3.05) is 49.5 Å². The Bertz CT molecular complexity index is 644. The van der Waals surface area contributed by atoms with Crippen LogP contribution in [0.15, 0.2) is 18.3 Å². The van der Waals surface area contributed by atoms with Crippen LogP contribution >= 0.6 is 15.9 Å². The third-order valence-electron chi connectivity index (χ3n) is 6.68. The van der Waals surface area contributed by atoms with Gasteiger partial charge in [-0.05, 0) is 30.9 Å². The minimum absolute atomic E-state index is 0.00284. The van der Waals surface area contributed by atoms with Gasteiger partial charge in [-0.2, -0.15) is 0 Å². The number of alkyl halides is 1. The van der Waals surface area contributed by atoms with Gasteiger partial charge in [0.1, 0.15) is 5.82 Å². The molecule has 6 heteroatoms. The van der Waals surface area contributed by atoms with Crippen LogP contribution in [0.1, 0.15) is 101 Å². The lowest BCUT2D eigenvalue weighted by molar-refractivity contribution is 0.0952. The van der Waals surface area contributed by atoms with E-state index in [1.807, 2.05) is 12.1 Å². The Morgan fingerprint density at radius 2 is 1.44 bits per heavy atom. The molecule has 0 radical (unpaired) electrons. The minimum atomic E-state index is -0.00284. The zero-order chi connectivity index (χ0) is 24.4. The summed E-state index contributed by atoms with van der Waals surface area (Å²) in [6.07, 6.45) is 17.6. The van der Waals surface area contributed by atoms with E-state index in [1.165, 1.54) is 77.2 Å². The number of aromatic nitrogens is 1. The summed E-state index contributed by atoms with van der Waals surface area (Å²) in [5.41, 5.74) is 0.661. The molecule has 1 saturated heterocycles. The predicted octanol–water partition coefficient (Wildman–Crippen LogP) is 6.67. The maximum absolute atomic E-state index is 12.4. The van der Waals surface area contributed by atoms with Crippen molar-refractivity contribution >= 4 is 27.7 Å². The second-order valence-corrected chi connectivity index (χ2v) is 11.1. The molecule has 1 aromatic heterocycles. The number of nitrogens with zero attached hydrogens (tertiary/aromatic N) is 3. The highest BCUT2D eigenvalue weighted by atomic mass is 79.9. The van der Waals surface area contributed by atoms with Gasteiger partial charge in [0.05, 0.1) is 5.56 Å². The Kier molecular flexibility index (Phi) is 15.6. The van der Waals surface area contributed by atoms with Gasteiger partial charge in [-0.1, -0.05) is 94.0 Å². The molecule has 5 nitrogen and oxygen atoms in total. The molecule has 1 amide bonds. The van der Waals surface area contributed by atoms with E-state index in [0.717, 1.165) is 50.3 Å². The first kappa shape index (κ1) is 29.1. The number of halogens is 1. The van der Waals surface area contributed by atoms with Crippen molar-refractivity contribution in [1.82, 2.24) is 15.2 Å². The largest absolute Gasteiger partial charge is 0.354 e. The van der Waals surface area contributed by atoms with E-state index in [-0.39, 0.29) is 5.91 Å². The van der Waals surface area contributed by atoms with Crippen LogP contribution < -0.4 is 10.2 Å². The van der Waals surface area contributed by atoms with Crippen LogP contribution in [0.5, 0.6) is 0 Å². The van der Waals surface area contributed by atoms with Gasteiger partial charge in [0.2, 0.25) is 0 Å². The number of amides is 1. The van der Waals surface area contributed by atoms with E-state index in [4.69, 9.17) is 0 Å². The van der Waals surface area contributed by atoms with E-state index < -0.39 is 0 Å². The first-order chi connectivity index (χ1) is 16.6. The van der Waals surface area contributed by atoms with Crippen LogP contribution in [-0.4, -0.2) is 60.4 Å². The number of anilines is 1. The van der Waals surface area contributed by atoms with Crippen molar-refractivity contribution in [3.05, 3.63) is 23.9 Å². The van der Waals surface area contributed by atoms with Crippen molar-refractivity contribution in [1.29, 1.82) is 0 Å². The topological polar surface area (TPSA) is 48.5 Å². The SMILES string of the molecule is CC(C)CN1CCN(c2ccc(C(=O)NCCCCCCCCCCCCCCBr)cn2)CC1. The lowest BCUT2D eigenvalue weighted by Gasteiger charge is -2.36. The predicted molar refractivity (Wildman–Crippen MR) is 149 cm³/mol. The molecule has 194 valence electrons. The first-order valence-corrected chi connectivity index (χ1v) is 15.0. The van der Waals surface area contributed by atoms with Gasteiger partial charge in [0.25, 0.3) is 5.91 Å². The Balaban J connectivity index is 1.48. The summed E-state index contributed by atoms with van der Waals surface area (Å²) < 4.78 is 0. The molecule has 0 spiro atoms. The number of pyridine rings is 1. The number of hydrogen-bond donors (Lipinski definition) is 1. The van der Waals surface area contributed by atoms with Crippen LogP contribution in [-0.2, 0) is 0 Å². The molecule has 0 saturated carbocycles. The normalized spacial score (nSPS) is 14.6. The molecule has 0 bridgehead atoms. The summed E-state index contributed by atoms with van der Waals surface area (Å²) >= 11 is 3.50. The molecule has 2 heterocycles. The van der Waals surface area contributed by atoms with Crippen LogP contribution in [0.25, 0.3) is 0 Å². The fourth-order valence-corrected chi connectivity index (χ4v) is 5.07. The molecule has 1 aliphatic rings. The molecule has 0 unspecified atom stereocenters. The summed E-state index contributed by atoms with van der Waals surface area (Å²) in [6, 6.07) is 3.91. The van der Waals surface area contributed by atoms with E-state index in [2.05, 4.69) is 49.9 Å². The monoisotopic (exact) mass is 536 g/mol. The average molecular weight is 538 g/mol. The molecule has 0 aliphatic carbocycles. The molecule has 34 heavy (non-hydrogen) atoms. The van der Waals surface area contributed by atoms with Crippen molar-refractivity contribution in [3.8, 4) is 0 Å². The number of carbonyl (C=O) groups excluding carboxylic acids is 1. The average Bonchev–Trinajstić information content (AvgIpc) is 2.84. The quantitative estimate of drug-likeness (QED) is 0.168. The van der Waals surface area contributed by atoms with Gasteiger partial charge in [-0.3, -0.25) is 9.69 Å². The maximum Gasteiger partial charge on any atom is 0.252 e. The summed E-state index contributed by atoms with van der Waals surface area (Å²) in [5, 5.41) is 4.21. The van der Waals surface area contributed by atoms with E-state index in [1.54, 1.807) is 6.20 Å². The summed E-state index contributed by atoms with van der Waals surface area (Å²) in [7, 11) is 0. The number of rotatable bonds is 18. The van der Waals surface area contributed by atoms with E-state index >= 15 is 0 Å². The first-order valence-electron chi connectivity index (χ1n) is 13.9. The van der Waals surface area contributed by atoms with E-state index in [0.29, 0.717) is 11.5 Å². The minimum Gasteiger partial charge on any atom is -0.354 e. The zero-order valence-corrected chi connectivity index (χ0v) is 23.5. The molecule has 1 N–H and O–H groups in total. The third kappa shape index (κ3) is 12.5. The molecule has 0 aromatic carbocycles. The zero-order valence-electron chi connectivity index (χ0n) is 21.9. The van der Waals surface area contributed by atoms with Crippen molar-refractivity contribution in [2.45, 2.75) is 90.9 Å². The van der Waals surface area contributed by atoms with Gasteiger partial charge in [0, 0.05) is 50.8 Å². The summed E-state index contributed by atoms with van der Waals surface area (Å²) in [5.74, 6) is 1.69. The number of hydrogen-bond acceptors (Lipinski definition) is 4. The van der Waals surface area contributed by atoms with Crippen LogP contribution in [0, 0.1) is 5.92 Å². The lowest BCUT2D eigenvalue weighted by atomic mass is 10.1. The highest BCUT2D eigenvalue weighted by Gasteiger charge is 2.18. The number of unbranched alkanes of at least 4 members (excludes halogenated alkanes) is 11. The molecule has 1 aliphatic heterocycles. The van der Waals surface area contributed by atoms with Crippen molar-refractivity contribution < 1.29 is 4.79 Å². The fourth-order valence-electron chi connectivity index (χ4n) is 4.67. The molecule has 1 fully saturated rings. The Labute approximate surface area is 217 Å². The summed E-state index contributed by atoms with van der Waals surface area (Å²) in [6.45, 7) is 10.6. The smallest absolute Gasteiger partial charge is 0.252 e. The van der Waals surface area contributed by atoms with Gasteiger partial charge in [-0.15, -0.1) is 0 Å². The summed E-state index contributed by atoms with van der Waals surface area (Å²) in [4.78, 5) is 21.8. The standard InChI is InChI=1S/C28H49BrN4O/c1-25(2)24-32-19-21-33(22-20-32)27-16-15-26(23-31-27)28(34)30-18-14-12-10-8-6-4-3-5-7-9-11-13-17-29/h15-16,23,25H,3-14,17-22,24H2,1-2H3,(H,30,34). The number of nitrogens with one attached hydrogen (secondary N) is 1. The Hall–Kier alpha value is -1.14. The Morgan fingerprint density at radius 1 is 0.882 bits per heavy atom. The van der Waals surface area contributed by atoms with Crippen molar-refractivity contribution in [2.24, 2.45) is 5.92 Å². The second-order valence-electron chi connectivity index (χ2n) is 10.3. The van der Waals surface area contributed by atoms with Gasteiger partial charge < -0.3 is 10.2 Å².